The van der Waals surface area contributed by atoms with Gasteiger partial charge in [-0.1, -0.05) is 6.92 Å². The number of thiocarbonyl (C=S) groups is 2. The molecule has 0 aromatic rings. The average molecular weight is 407 g/mol. The molecule has 0 aromatic heterocycles. The first kappa shape index (κ1) is 25.9. The predicted molar refractivity (Wildman–Crippen MR) is 110 cm³/mol. The SMILES string of the molecule is CCCC(=O)O.CNC(=S)N/N=C(C)/C(C)=N/NC(=S)NC(C)C(=O)O. The van der Waals surface area contributed by atoms with E-state index in [9.17, 15) is 9.59 Å². The molecule has 0 fully saturated rings. The highest BCUT2D eigenvalue weighted by Gasteiger charge is 2.11. The second-order valence-electron chi connectivity index (χ2n) is 4.87. The second kappa shape index (κ2) is 15.0. The molecule has 0 heterocycles. The summed E-state index contributed by atoms with van der Waals surface area (Å²) in [6.07, 6.45) is 1.02. The average Bonchev–Trinajstić information content (AvgIpc) is 2.57. The molecule has 0 aliphatic carbocycles. The van der Waals surface area contributed by atoms with Crippen LogP contribution >= 0.6 is 24.4 Å². The molecule has 6 N–H and O–H groups in total. The fourth-order valence-electron chi connectivity index (χ4n) is 0.991. The maximum Gasteiger partial charge on any atom is 0.325 e. The third-order valence-corrected chi connectivity index (χ3v) is 3.09. The molecule has 10 nitrogen and oxygen atoms in total. The minimum absolute atomic E-state index is 0.116. The largest absolute Gasteiger partial charge is 0.481 e. The van der Waals surface area contributed by atoms with E-state index >= 15 is 0 Å². The molecule has 0 amide bonds. The summed E-state index contributed by atoms with van der Waals surface area (Å²) in [4.78, 5) is 20.2. The number of nitrogens with one attached hydrogen (secondary N) is 4. The van der Waals surface area contributed by atoms with Gasteiger partial charge < -0.3 is 20.8 Å². The van der Waals surface area contributed by atoms with Crippen LogP contribution in [-0.2, 0) is 9.59 Å². The Bertz CT molecular complexity index is 566. The topological polar surface area (TPSA) is 147 Å². The fraction of sp³-hybridized carbons (Fsp3) is 0.571. The number of hydrogen-bond donors (Lipinski definition) is 6. The summed E-state index contributed by atoms with van der Waals surface area (Å²) in [6.45, 7) is 6.78. The van der Waals surface area contributed by atoms with Gasteiger partial charge in [0.15, 0.2) is 10.2 Å². The van der Waals surface area contributed by atoms with Crippen molar-refractivity contribution < 1.29 is 19.8 Å². The minimum Gasteiger partial charge on any atom is -0.481 e. The Morgan fingerprint density at radius 3 is 1.81 bits per heavy atom. The molecule has 26 heavy (non-hydrogen) atoms. The van der Waals surface area contributed by atoms with Crippen LogP contribution in [0.4, 0.5) is 0 Å². The maximum atomic E-state index is 10.6. The van der Waals surface area contributed by atoms with Crippen molar-refractivity contribution in [2.75, 3.05) is 7.05 Å². The van der Waals surface area contributed by atoms with Gasteiger partial charge in [-0.25, -0.2) is 0 Å². The molecule has 0 spiro atoms. The highest BCUT2D eigenvalue weighted by Crippen LogP contribution is 1.85. The van der Waals surface area contributed by atoms with E-state index < -0.39 is 18.0 Å². The zero-order valence-corrected chi connectivity index (χ0v) is 17.0. The Morgan fingerprint density at radius 1 is 1.04 bits per heavy atom. The standard InChI is InChI=1S/C10H18N6O2S2.C4H8O2/c1-5(13-15-9(19)11-4)6(2)14-16-10(20)12-7(3)8(17)18;1-2-3-4(5)6/h7H,1-4H3,(H,17,18)(H2,11,15,19)(H2,12,16,20);2-3H2,1H3,(H,5,6)/b13-5+,14-6+;. The van der Waals surface area contributed by atoms with E-state index in [-0.39, 0.29) is 5.11 Å². The van der Waals surface area contributed by atoms with Crippen LogP contribution in [0.3, 0.4) is 0 Å². The summed E-state index contributed by atoms with van der Waals surface area (Å²) >= 11 is 9.77. The Balaban J connectivity index is 0. The number of carbonyl (C=O) groups is 2. The van der Waals surface area contributed by atoms with Crippen molar-refractivity contribution >= 4 is 58.0 Å². The molecule has 0 rings (SSSR count). The maximum absolute atomic E-state index is 10.6. The van der Waals surface area contributed by atoms with E-state index in [0.29, 0.717) is 23.0 Å². The number of rotatable bonds is 7. The molecule has 0 saturated carbocycles. The van der Waals surface area contributed by atoms with Crippen molar-refractivity contribution in [3.8, 4) is 0 Å². The summed E-state index contributed by atoms with van der Waals surface area (Å²) in [6, 6.07) is -0.796. The molecule has 1 atom stereocenters. The zero-order chi connectivity index (χ0) is 20.7. The summed E-state index contributed by atoms with van der Waals surface area (Å²) < 4.78 is 0. The van der Waals surface area contributed by atoms with Crippen molar-refractivity contribution in [2.24, 2.45) is 10.2 Å². The molecule has 0 saturated heterocycles. The molecule has 148 valence electrons. The normalized spacial score (nSPS) is 12.0. The van der Waals surface area contributed by atoms with Crippen molar-refractivity contribution in [1.29, 1.82) is 0 Å². The molecule has 0 aliphatic rings. The Kier molecular flexibility index (Phi) is 14.9. The third kappa shape index (κ3) is 15.2. The smallest absolute Gasteiger partial charge is 0.325 e. The van der Waals surface area contributed by atoms with E-state index in [1.54, 1.807) is 20.9 Å². The van der Waals surface area contributed by atoms with Gasteiger partial charge in [-0.2, -0.15) is 10.2 Å². The van der Waals surface area contributed by atoms with Crippen molar-refractivity contribution in [3.63, 3.8) is 0 Å². The monoisotopic (exact) mass is 406 g/mol. The number of nitrogens with zero attached hydrogens (tertiary/aromatic N) is 2. The van der Waals surface area contributed by atoms with Crippen molar-refractivity contribution in [2.45, 2.75) is 46.6 Å². The molecular formula is C14H26N6O4S2. The second-order valence-corrected chi connectivity index (χ2v) is 5.69. The van der Waals surface area contributed by atoms with Gasteiger partial charge in [0.25, 0.3) is 0 Å². The van der Waals surface area contributed by atoms with E-state index in [1.807, 2.05) is 6.92 Å². The lowest BCUT2D eigenvalue weighted by molar-refractivity contribution is -0.139. The molecule has 0 bridgehead atoms. The van der Waals surface area contributed by atoms with Crippen LogP contribution in [0.1, 0.15) is 40.5 Å². The zero-order valence-electron chi connectivity index (χ0n) is 15.4. The summed E-state index contributed by atoms with van der Waals surface area (Å²) in [5, 5.41) is 30.4. The van der Waals surface area contributed by atoms with Gasteiger partial charge >= 0.3 is 11.9 Å². The van der Waals surface area contributed by atoms with Crippen LogP contribution in [0.5, 0.6) is 0 Å². The molecular weight excluding hydrogens is 380 g/mol. The molecule has 12 heteroatoms. The van der Waals surface area contributed by atoms with Crippen LogP contribution in [-0.4, -0.2) is 56.9 Å². The predicted octanol–water partition coefficient (Wildman–Crippen LogP) is 0.640. The van der Waals surface area contributed by atoms with Crippen LogP contribution in [0.15, 0.2) is 10.2 Å². The van der Waals surface area contributed by atoms with Gasteiger partial charge in [0.1, 0.15) is 6.04 Å². The highest BCUT2D eigenvalue weighted by molar-refractivity contribution is 7.80. The molecule has 0 aromatic carbocycles. The summed E-state index contributed by atoms with van der Waals surface area (Å²) in [5.74, 6) is -1.71. The van der Waals surface area contributed by atoms with Crippen LogP contribution in [0, 0.1) is 0 Å². The van der Waals surface area contributed by atoms with Gasteiger partial charge in [0.2, 0.25) is 0 Å². The number of carboxylic acid groups (broad SMARTS) is 2. The number of aliphatic carboxylic acids is 2. The van der Waals surface area contributed by atoms with E-state index in [4.69, 9.17) is 34.6 Å². The Morgan fingerprint density at radius 2 is 1.50 bits per heavy atom. The molecule has 0 radical (unpaired) electrons. The summed E-state index contributed by atoms with van der Waals surface area (Å²) in [7, 11) is 1.68. The lowest BCUT2D eigenvalue weighted by atomic mass is 10.3. The van der Waals surface area contributed by atoms with Crippen molar-refractivity contribution in [1.82, 2.24) is 21.5 Å². The lowest BCUT2D eigenvalue weighted by Crippen LogP contribution is -2.42. The molecule has 0 aliphatic heterocycles. The fourth-order valence-corrected chi connectivity index (χ4v) is 1.26. The Labute approximate surface area is 163 Å². The summed E-state index contributed by atoms with van der Waals surface area (Å²) in [5.41, 5.74) is 6.33. The first-order chi connectivity index (χ1) is 12.0. The van der Waals surface area contributed by atoms with Gasteiger partial charge in [-0.15, -0.1) is 0 Å². The quantitative estimate of drug-likeness (QED) is 0.202. The third-order valence-electron chi connectivity index (χ3n) is 2.58. The first-order valence-corrected chi connectivity index (χ1v) is 8.44. The van der Waals surface area contributed by atoms with Gasteiger partial charge in [-0.05, 0) is 51.6 Å². The van der Waals surface area contributed by atoms with Gasteiger partial charge in [-0.3, -0.25) is 20.4 Å². The highest BCUT2D eigenvalue weighted by atomic mass is 32.1. The lowest BCUT2D eigenvalue weighted by Gasteiger charge is -2.11. The van der Waals surface area contributed by atoms with Gasteiger partial charge in [0, 0.05) is 13.5 Å². The number of hydrazone groups is 2. The minimum atomic E-state index is -1.00. The number of carboxylic acids is 2. The van der Waals surface area contributed by atoms with Crippen LogP contribution < -0.4 is 21.5 Å². The van der Waals surface area contributed by atoms with E-state index in [2.05, 4.69) is 31.7 Å². The van der Waals surface area contributed by atoms with Crippen molar-refractivity contribution in [3.05, 3.63) is 0 Å². The number of hydrogen-bond acceptors (Lipinski definition) is 6. The van der Waals surface area contributed by atoms with E-state index in [0.717, 1.165) is 6.42 Å². The van der Waals surface area contributed by atoms with Crippen LogP contribution in [0.25, 0.3) is 0 Å². The Hall–Kier alpha value is -2.34. The molecule has 1 unspecified atom stereocenters. The first-order valence-electron chi connectivity index (χ1n) is 7.62. The van der Waals surface area contributed by atoms with Crippen LogP contribution in [0.2, 0.25) is 0 Å². The van der Waals surface area contributed by atoms with Gasteiger partial charge in [0.05, 0.1) is 11.4 Å². The van der Waals surface area contributed by atoms with E-state index in [1.165, 1.54) is 6.92 Å².